The lowest BCUT2D eigenvalue weighted by Gasteiger charge is -2.25. The maximum atomic E-state index is 6.52. The lowest BCUT2D eigenvalue weighted by atomic mass is 9.98. The number of nitrogens with zero attached hydrogens (tertiary/aromatic N) is 1. The van der Waals surface area contributed by atoms with Crippen molar-refractivity contribution in [1.29, 1.82) is 0 Å². The molecule has 0 aromatic heterocycles. The van der Waals surface area contributed by atoms with Crippen molar-refractivity contribution in [2.45, 2.75) is 63.9 Å². The molecule has 3 aromatic rings. The van der Waals surface area contributed by atoms with Crippen LogP contribution in [0.4, 0.5) is 0 Å². The standard InChI is InChI=1S/C27H27Cl2NOS3/c28-20-11-15-23(16-12-20)32-27(33-24-17-13-21(29)14-18-24)19-26(31-22-7-3-1-4-8-22)30-34-25-9-5-2-6-10-25/h2,5-6,9-18,22,27H,1,3-4,7-8,19H2. The van der Waals surface area contributed by atoms with Crippen molar-refractivity contribution in [2.75, 3.05) is 0 Å². The largest absolute Gasteiger partial charge is 0.477 e. The Morgan fingerprint density at radius 2 is 1.32 bits per heavy atom. The van der Waals surface area contributed by atoms with Crippen LogP contribution in [0.1, 0.15) is 38.5 Å². The van der Waals surface area contributed by atoms with Gasteiger partial charge in [0, 0.05) is 43.1 Å². The van der Waals surface area contributed by atoms with E-state index in [1.807, 2.05) is 66.0 Å². The summed E-state index contributed by atoms with van der Waals surface area (Å²) in [5.41, 5.74) is 0. The highest BCUT2D eigenvalue weighted by Crippen LogP contribution is 2.39. The summed E-state index contributed by atoms with van der Waals surface area (Å²) in [6, 6.07) is 26.3. The van der Waals surface area contributed by atoms with Crippen LogP contribution in [0.5, 0.6) is 0 Å². The molecule has 0 unspecified atom stereocenters. The number of thioether (sulfide) groups is 2. The highest BCUT2D eigenvalue weighted by Gasteiger charge is 2.22. The van der Waals surface area contributed by atoms with Crippen LogP contribution < -0.4 is 0 Å². The van der Waals surface area contributed by atoms with Crippen molar-refractivity contribution in [1.82, 2.24) is 0 Å². The van der Waals surface area contributed by atoms with Gasteiger partial charge in [-0.15, -0.1) is 23.5 Å². The second-order valence-electron chi connectivity index (χ2n) is 8.04. The zero-order chi connectivity index (χ0) is 23.6. The van der Waals surface area contributed by atoms with E-state index in [2.05, 4.69) is 36.4 Å². The maximum absolute atomic E-state index is 6.52. The molecule has 0 N–H and O–H groups in total. The molecule has 0 aliphatic heterocycles. The van der Waals surface area contributed by atoms with Gasteiger partial charge in [-0.2, -0.15) is 4.40 Å². The van der Waals surface area contributed by atoms with E-state index in [0.29, 0.717) is 0 Å². The SMILES string of the molecule is Clc1ccc(SC(CC(=NSc2ccccc2)OC2CCCCC2)Sc2ccc(Cl)cc2)cc1. The summed E-state index contributed by atoms with van der Waals surface area (Å²) in [5.74, 6) is 0.814. The fourth-order valence-corrected chi connectivity index (χ4v) is 7.01. The van der Waals surface area contributed by atoms with Crippen LogP contribution in [0, 0.1) is 0 Å². The van der Waals surface area contributed by atoms with Crippen LogP contribution in [-0.4, -0.2) is 16.6 Å². The molecule has 34 heavy (non-hydrogen) atoms. The molecule has 2 nitrogen and oxygen atoms in total. The lowest BCUT2D eigenvalue weighted by molar-refractivity contribution is 0.139. The molecule has 0 heterocycles. The minimum absolute atomic E-state index is 0.182. The van der Waals surface area contributed by atoms with Gasteiger partial charge in [0.25, 0.3) is 0 Å². The zero-order valence-corrected chi connectivity index (χ0v) is 22.7. The van der Waals surface area contributed by atoms with Crippen LogP contribution in [0.3, 0.4) is 0 Å². The molecule has 1 fully saturated rings. The third-order valence-corrected chi connectivity index (χ3v) is 9.16. The van der Waals surface area contributed by atoms with Gasteiger partial charge in [-0.25, -0.2) is 0 Å². The molecule has 1 aliphatic rings. The molecule has 7 heteroatoms. The average Bonchev–Trinajstić information content (AvgIpc) is 2.86. The predicted molar refractivity (Wildman–Crippen MR) is 151 cm³/mol. The Balaban J connectivity index is 1.54. The molecule has 4 rings (SSSR count). The first kappa shape index (κ1) is 25.8. The van der Waals surface area contributed by atoms with Crippen molar-refractivity contribution in [3.8, 4) is 0 Å². The molecule has 0 spiro atoms. The molecule has 0 amide bonds. The van der Waals surface area contributed by atoms with Gasteiger partial charge in [0.2, 0.25) is 0 Å². The quantitative estimate of drug-likeness (QED) is 0.0872. The Bertz CT molecular complexity index is 992. The van der Waals surface area contributed by atoms with Crippen LogP contribution in [0.25, 0.3) is 0 Å². The van der Waals surface area contributed by atoms with Gasteiger partial charge in [0.15, 0.2) is 5.90 Å². The predicted octanol–water partition coefficient (Wildman–Crippen LogP) is 10.0. The zero-order valence-electron chi connectivity index (χ0n) is 18.7. The van der Waals surface area contributed by atoms with Crippen molar-refractivity contribution in [3.05, 3.63) is 88.9 Å². The molecule has 0 saturated heterocycles. The molecule has 1 saturated carbocycles. The summed E-state index contributed by atoms with van der Waals surface area (Å²) >= 11 is 17.3. The van der Waals surface area contributed by atoms with Gasteiger partial charge >= 0.3 is 0 Å². The average molecular weight is 549 g/mol. The smallest absolute Gasteiger partial charge is 0.197 e. The number of rotatable bonds is 9. The van der Waals surface area contributed by atoms with Crippen molar-refractivity contribution < 1.29 is 4.74 Å². The minimum atomic E-state index is 0.182. The van der Waals surface area contributed by atoms with Gasteiger partial charge < -0.3 is 4.74 Å². The van der Waals surface area contributed by atoms with E-state index in [-0.39, 0.29) is 10.7 Å². The summed E-state index contributed by atoms with van der Waals surface area (Å²) < 4.78 is 11.6. The molecule has 0 bridgehead atoms. The fraction of sp³-hybridized carbons (Fsp3) is 0.296. The van der Waals surface area contributed by atoms with E-state index in [4.69, 9.17) is 32.3 Å². The Morgan fingerprint density at radius 1 is 0.765 bits per heavy atom. The van der Waals surface area contributed by atoms with E-state index in [1.54, 1.807) is 0 Å². The molecule has 0 radical (unpaired) electrons. The van der Waals surface area contributed by atoms with E-state index >= 15 is 0 Å². The second kappa shape index (κ2) is 13.7. The normalized spacial score (nSPS) is 15.0. The van der Waals surface area contributed by atoms with Crippen LogP contribution in [0.2, 0.25) is 10.0 Å². The fourth-order valence-electron chi connectivity index (χ4n) is 3.65. The number of ether oxygens (including phenoxy) is 1. The maximum Gasteiger partial charge on any atom is 0.197 e. The van der Waals surface area contributed by atoms with Crippen LogP contribution in [-0.2, 0) is 4.74 Å². The van der Waals surface area contributed by atoms with Gasteiger partial charge in [0.05, 0.1) is 4.58 Å². The lowest BCUT2D eigenvalue weighted by Crippen LogP contribution is -2.22. The summed E-state index contributed by atoms with van der Waals surface area (Å²) in [4.78, 5) is 3.45. The van der Waals surface area contributed by atoms with E-state index in [0.717, 1.165) is 40.1 Å². The van der Waals surface area contributed by atoms with E-state index < -0.39 is 0 Å². The van der Waals surface area contributed by atoms with Gasteiger partial charge in [-0.1, -0.05) is 47.8 Å². The third kappa shape index (κ3) is 8.76. The highest BCUT2D eigenvalue weighted by molar-refractivity contribution is 8.17. The van der Waals surface area contributed by atoms with Crippen molar-refractivity contribution >= 4 is 64.6 Å². The van der Waals surface area contributed by atoms with E-state index in [1.165, 1.54) is 41.0 Å². The Labute approximate surface area is 225 Å². The van der Waals surface area contributed by atoms with Gasteiger partial charge in [-0.3, -0.25) is 0 Å². The summed E-state index contributed by atoms with van der Waals surface area (Å²) in [6.45, 7) is 0. The first-order valence-electron chi connectivity index (χ1n) is 11.4. The number of benzene rings is 3. The third-order valence-electron chi connectivity index (χ3n) is 5.35. The first-order valence-corrected chi connectivity index (χ1v) is 14.7. The van der Waals surface area contributed by atoms with Gasteiger partial charge in [-0.05, 0) is 86.3 Å². The molecule has 1 aliphatic carbocycles. The molecular formula is C27H27Cl2NOS3. The van der Waals surface area contributed by atoms with Gasteiger partial charge in [0.1, 0.15) is 6.10 Å². The Kier molecular flexibility index (Phi) is 10.4. The molecule has 0 atom stereocenters. The Morgan fingerprint density at radius 3 is 1.88 bits per heavy atom. The van der Waals surface area contributed by atoms with Crippen molar-refractivity contribution in [2.24, 2.45) is 4.40 Å². The Hall–Kier alpha value is -1.24. The number of hydrogen-bond donors (Lipinski definition) is 0. The summed E-state index contributed by atoms with van der Waals surface area (Å²) in [7, 11) is 0. The van der Waals surface area contributed by atoms with E-state index in [9.17, 15) is 0 Å². The monoisotopic (exact) mass is 547 g/mol. The molecule has 178 valence electrons. The topological polar surface area (TPSA) is 21.6 Å². The van der Waals surface area contributed by atoms with Crippen LogP contribution in [0.15, 0.2) is 97.9 Å². The summed E-state index contributed by atoms with van der Waals surface area (Å²) in [6.07, 6.45) is 6.94. The van der Waals surface area contributed by atoms with Crippen molar-refractivity contribution in [3.63, 3.8) is 0 Å². The van der Waals surface area contributed by atoms with Crippen LogP contribution >= 0.6 is 58.7 Å². The molecule has 3 aromatic carbocycles. The minimum Gasteiger partial charge on any atom is -0.477 e. The first-order chi connectivity index (χ1) is 16.6. The summed E-state index contributed by atoms with van der Waals surface area (Å²) in [5, 5.41) is 1.49. The number of hydrogen-bond acceptors (Lipinski definition) is 5. The number of halogens is 2. The highest BCUT2D eigenvalue weighted by atomic mass is 35.5. The molecular weight excluding hydrogens is 521 g/mol. The second-order valence-corrected chi connectivity index (χ2v) is 12.6.